The lowest BCUT2D eigenvalue weighted by Gasteiger charge is -2.21. The summed E-state index contributed by atoms with van der Waals surface area (Å²) in [6, 6.07) is 9.04. The Morgan fingerprint density at radius 1 is 1.39 bits per heavy atom. The average molecular weight is 247 g/mol. The van der Waals surface area contributed by atoms with Crippen molar-refractivity contribution in [2.45, 2.75) is 32.4 Å². The molecule has 1 saturated carbocycles. The number of hydrogen-bond donors (Lipinski definition) is 2. The molecule has 1 aromatic rings. The van der Waals surface area contributed by atoms with Crippen LogP contribution in [0.4, 0.5) is 5.69 Å². The fourth-order valence-corrected chi connectivity index (χ4v) is 1.95. The number of carbonyl (C=O) groups is 1. The second kappa shape index (κ2) is 5.87. The molecule has 0 saturated heterocycles. The molecule has 1 aliphatic carbocycles. The quantitative estimate of drug-likeness (QED) is 0.762. The minimum atomic E-state index is -0.295. The second-order valence-electron chi connectivity index (χ2n) is 4.80. The van der Waals surface area contributed by atoms with Crippen LogP contribution < -0.4 is 16.0 Å². The first-order chi connectivity index (χ1) is 8.69. The van der Waals surface area contributed by atoms with Gasteiger partial charge in [0.15, 0.2) is 0 Å². The Morgan fingerprint density at radius 2 is 2.06 bits per heavy atom. The Kier molecular flexibility index (Phi) is 4.20. The zero-order valence-corrected chi connectivity index (χ0v) is 10.9. The molecule has 1 aliphatic rings. The summed E-state index contributed by atoms with van der Waals surface area (Å²) in [5.74, 6) is -0.295. The Bertz CT molecular complexity index is 398. The van der Waals surface area contributed by atoms with Crippen LogP contribution in [0.3, 0.4) is 0 Å². The third-order valence-corrected chi connectivity index (χ3v) is 3.20. The fourth-order valence-electron chi connectivity index (χ4n) is 1.95. The van der Waals surface area contributed by atoms with E-state index in [0.29, 0.717) is 0 Å². The number of likely N-dealkylation sites (N-methyl/N-ethyl adjacent to an activating group) is 1. The predicted molar refractivity (Wildman–Crippen MR) is 73.4 cm³/mol. The number of primary amides is 1. The molecule has 0 bridgehead atoms. The maximum Gasteiger partial charge on any atom is 0.236 e. The Labute approximate surface area is 108 Å². The number of nitrogens with zero attached hydrogens (tertiary/aromatic N) is 1. The number of hydrogen-bond acceptors (Lipinski definition) is 3. The van der Waals surface area contributed by atoms with Gasteiger partial charge in [-0.2, -0.15) is 0 Å². The van der Waals surface area contributed by atoms with Crippen LogP contribution in [0.5, 0.6) is 0 Å². The molecule has 2 rings (SSSR count). The van der Waals surface area contributed by atoms with E-state index in [0.717, 1.165) is 24.8 Å². The average Bonchev–Trinajstić information content (AvgIpc) is 3.18. The number of rotatable bonds is 7. The molecule has 1 amide bonds. The van der Waals surface area contributed by atoms with E-state index in [1.807, 2.05) is 11.8 Å². The molecule has 4 nitrogen and oxygen atoms in total. The van der Waals surface area contributed by atoms with Crippen molar-refractivity contribution in [2.24, 2.45) is 5.73 Å². The Morgan fingerprint density at radius 3 is 2.56 bits per heavy atom. The molecule has 1 aromatic carbocycles. The largest absolute Gasteiger partial charge is 0.368 e. The summed E-state index contributed by atoms with van der Waals surface area (Å²) in [6.07, 6.45) is 2.61. The van der Waals surface area contributed by atoms with Crippen molar-refractivity contribution in [3.63, 3.8) is 0 Å². The summed E-state index contributed by atoms with van der Waals surface area (Å²) < 4.78 is 0. The van der Waals surface area contributed by atoms with Gasteiger partial charge in [-0.1, -0.05) is 12.1 Å². The molecule has 0 spiro atoms. The molecule has 0 aromatic heterocycles. The summed E-state index contributed by atoms with van der Waals surface area (Å²) in [4.78, 5) is 12.9. The van der Waals surface area contributed by atoms with Crippen molar-refractivity contribution in [3.8, 4) is 0 Å². The lowest BCUT2D eigenvalue weighted by molar-refractivity contribution is -0.116. The van der Waals surface area contributed by atoms with E-state index in [1.54, 1.807) is 0 Å². The van der Waals surface area contributed by atoms with E-state index in [2.05, 4.69) is 29.6 Å². The van der Waals surface area contributed by atoms with Gasteiger partial charge in [-0.3, -0.25) is 4.79 Å². The van der Waals surface area contributed by atoms with Gasteiger partial charge in [-0.05, 0) is 37.5 Å². The molecule has 3 N–H and O–H groups in total. The smallest absolute Gasteiger partial charge is 0.236 e. The molecule has 98 valence electrons. The topological polar surface area (TPSA) is 58.4 Å². The molecule has 4 heteroatoms. The van der Waals surface area contributed by atoms with Crippen molar-refractivity contribution in [2.75, 3.05) is 18.0 Å². The van der Waals surface area contributed by atoms with Crippen molar-refractivity contribution < 1.29 is 4.79 Å². The van der Waals surface area contributed by atoms with Gasteiger partial charge in [0.1, 0.15) is 0 Å². The SMILES string of the molecule is CCN(CC(N)=O)c1ccc(CNC2CC2)cc1. The van der Waals surface area contributed by atoms with Crippen molar-refractivity contribution >= 4 is 11.6 Å². The van der Waals surface area contributed by atoms with Crippen LogP contribution in [0.15, 0.2) is 24.3 Å². The summed E-state index contributed by atoms with van der Waals surface area (Å²) in [7, 11) is 0. The normalized spacial score (nSPS) is 14.5. The zero-order valence-electron chi connectivity index (χ0n) is 10.9. The van der Waals surface area contributed by atoms with Crippen LogP contribution in [-0.2, 0) is 11.3 Å². The van der Waals surface area contributed by atoms with Crippen LogP contribution in [0.2, 0.25) is 0 Å². The fraction of sp³-hybridized carbons (Fsp3) is 0.500. The first-order valence-corrected chi connectivity index (χ1v) is 6.54. The molecule has 0 atom stereocenters. The van der Waals surface area contributed by atoms with Gasteiger partial charge >= 0.3 is 0 Å². The molecule has 0 heterocycles. The molecule has 0 aliphatic heterocycles. The molecule has 1 fully saturated rings. The van der Waals surface area contributed by atoms with Gasteiger partial charge in [-0.15, -0.1) is 0 Å². The van der Waals surface area contributed by atoms with Gasteiger partial charge in [0, 0.05) is 24.8 Å². The number of amides is 1. The summed E-state index contributed by atoms with van der Waals surface area (Å²) in [5, 5.41) is 3.48. The summed E-state index contributed by atoms with van der Waals surface area (Å²) in [5.41, 5.74) is 7.56. The highest BCUT2D eigenvalue weighted by Gasteiger charge is 2.19. The second-order valence-corrected chi connectivity index (χ2v) is 4.80. The predicted octanol–water partition coefficient (Wildman–Crippen LogP) is 1.25. The van der Waals surface area contributed by atoms with E-state index >= 15 is 0 Å². The summed E-state index contributed by atoms with van der Waals surface area (Å²) >= 11 is 0. The van der Waals surface area contributed by atoms with E-state index < -0.39 is 0 Å². The van der Waals surface area contributed by atoms with Gasteiger partial charge in [0.2, 0.25) is 5.91 Å². The van der Waals surface area contributed by atoms with Gasteiger partial charge in [-0.25, -0.2) is 0 Å². The number of carbonyl (C=O) groups excluding carboxylic acids is 1. The highest BCUT2D eigenvalue weighted by molar-refractivity contribution is 5.79. The van der Waals surface area contributed by atoms with Crippen LogP contribution >= 0.6 is 0 Å². The summed E-state index contributed by atoms with van der Waals surface area (Å²) in [6.45, 7) is 4.00. The van der Waals surface area contributed by atoms with Crippen molar-refractivity contribution in [1.82, 2.24) is 5.32 Å². The molecular weight excluding hydrogens is 226 g/mol. The highest BCUT2D eigenvalue weighted by atomic mass is 16.1. The van der Waals surface area contributed by atoms with E-state index in [1.165, 1.54) is 18.4 Å². The molecule has 18 heavy (non-hydrogen) atoms. The molecule has 0 radical (unpaired) electrons. The van der Waals surface area contributed by atoms with Crippen LogP contribution in [0, 0.1) is 0 Å². The van der Waals surface area contributed by atoms with Gasteiger partial charge in [0.25, 0.3) is 0 Å². The van der Waals surface area contributed by atoms with Gasteiger partial charge < -0.3 is 16.0 Å². The third kappa shape index (κ3) is 3.74. The number of benzene rings is 1. The third-order valence-electron chi connectivity index (χ3n) is 3.20. The number of nitrogens with one attached hydrogen (secondary N) is 1. The van der Waals surface area contributed by atoms with Crippen LogP contribution in [0.1, 0.15) is 25.3 Å². The van der Waals surface area contributed by atoms with E-state index in [-0.39, 0.29) is 12.5 Å². The first-order valence-electron chi connectivity index (χ1n) is 6.54. The van der Waals surface area contributed by atoms with Crippen LogP contribution in [-0.4, -0.2) is 25.0 Å². The minimum absolute atomic E-state index is 0.274. The molecule has 0 unspecified atom stereocenters. The lowest BCUT2D eigenvalue weighted by atomic mass is 10.2. The van der Waals surface area contributed by atoms with Gasteiger partial charge in [0.05, 0.1) is 6.54 Å². The van der Waals surface area contributed by atoms with E-state index in [4.69, 9.17) is 5.73 Å². The first kappa shape index (κ1) is 12.9. The highest BCUT2D eigenvalue weighted by Crippen LogP contribution is 2.20. The monoisotopic (exact) mass is 247 g/mol. The van der Waals surface area contributed by atoms with Crippen molar-refractivity contribution in [1.29, 1.82) is 0 Å². The maximum atomic E-state index is 11.0. The van der Waals surface area contributed by atoms with E-state index in [9.17, 15) is 4.79 Å². The van der Waals surface area contributed by atoms with Crippen molar-refractivity contribution in [3.05, 3.63) is 29.8 Å². The standard InChI is InChI=1S/C14H21N3O/c1-2-17(10-14(15)18)13-7-3-11(4-8-13)9-16-12-5-6-12/h3-4,7-8,12,16H,2,5-6,9-10H2,1H3,(H2,15,18). The Balaban J connectivity index is 1.93. The maximum absolute atomic E-state index is 11.0. The minimum Gasteiger partial charge on any atom is -0.368 e. The zero-order chi connectivity index (χ0) is 13.0. The number of nitrogens with two attached hydrogens (primary N) is 1. The lowest BCUT2D eigenvalue weighted by Crippen LogP contribution is -2.33. The van der Waals surface area contributed by atoms with Crippen LogP contribution in [0.25, 0.3) is 0 Å². The Hall–Kier alpha value is -1.55. The number of anilines is 1. The molecular formula is C14H21N3O.